The highest BCUT2D eigenvalue weighted by Crippen LogP contribution is 2.23. The Kier molecular flexibility index (Phi) is 5.82. The van der Waals surface area contributed by atoms with Gasteiger partial charge < -0.3 is 14.5 Å². The Morgan fingerprint density at radius 3 is 2.62 bits per heavy atom. The standard InChI is InChI=1S/C16H26N2O3/c1-12(2)10-16(19)17-11-14(15-5-4-13(3)21-15)18-6-8-20-9-7-18/h4-5,12,14H,6-11H2,1-3H3,(H,17,19). The first kappa shape index (κ1) is 16.0. The molecule has 0 saturated carbocycles. The lowest BCUT2D eigenvalue weighted by Gasteiger charge is -2.33. The second-order valence-corrected chi connectivity index (χ2v) is 6.01. The van der Waals surface area contributed by atoms with Gasteiger partial charge in [0.05, 0.1) is 19.3 Å². The lowest BCUT2D eigenvalue weighted by atomic mass is 10.1. The summed E-state index contributed by atoms with van der Waals surface area (Å²) in [6.07, 6.45) is 0.563. The zero-order valence-corrected chi connectivity index (χ0v) is 13.2. The minimum absolute atomic E-state index is 0.0821. The average molecular weight is 294 g/mol. The van der Waals surface area contributed by atoms with Crippen molar-refractivity contribution in [2.75, 3.05) is 32.8 Å². The monoisotopic (exact) mass is 294 g/mol. The Balaban J connectivity index is 1.99. The number of nitrogens with zero attached hydrogens (tertiary/aromatic N) is 1. The number of amides is 1. The molecule has 1 aromatic rings. The van der Waals surface area contributed by atoms with E-state index in [2.05, 4.69) is 24.1 Å². The molecule has 21 heavy (non-hydrogen) atoms. The molecular formula is C16H26N2O3. The van der Waals surface area contributed by atoms with Gasteiger partial charge in [0.1, 0.15) is 11.5 Å². The predicted octanol–water partition coefficient (Wildman–Crippen LogP) is 2.12. The van der Waals surface area contributed by atoms with Crippen molar-refractivity contribution in [3.05, 3.63) is 23.7 Å². The van der Waals surface area contributed by atoms with Crippen LogP contribution in [0.3, 0.4) is 0 Å². The Labute approximate surface area is 126 Å². The van der Waals surface area contributed by atoms with Crippen molar-refractivity contribution < 1.29 is 13.9 Å². The van der Waals surface area contributed by atoms with Gasteiger partial charge in [-0.2, -0.15) is 0 Å². The van der Waals surface area contributed by atoms with Crippen molar-refractivity contribution in [2.24, 2.45) is 5.92 Å². The number of aryl methyl sites for hydroxylation is 1. The number of rotatable bonds is 6. The number of hydrogen-bond acceptors (Lipinski definition) is 4. The normalized spacial score (nSPS) is 17.9. The zero-order valence-electron chi connectivity index (χ0n) is 13.2. The molecule has 1 fully saturated rings. The Bertz CT molecular complexity index is 450. The molecule has 1 amide bonds. The van der Waals surface area contributed by atoms with Gasteiger partial charge in [-0.25, -0.2) is 0 Å². The number of morpholine rings is 1. The maximum atomic E-state index is 11.9. The number of nitrogens with one attached hydrogen (secondary N) is 1. The molecule has 118 valence electrons. The second kappa shape index (κ2) is 7.61. The molecule has 1 aliphatic heterocycles. The summed E-state index contributed by atoms with van der Waals surface area (Å²) >= 11 is 0. The van der Waals surface area contributed by atoms with E-state index in [1.165, 1.54) is 0 Å². The molecule has 1 aromatic heterocycles. The van der Waals surface area contributed by atoms with Crippen LogP contribution < -0.4 is 5.32 Å². The van der Waals surface area contributed by atoms with Gasteiger partial charge in [0, 0.05) is 26.1 Å². The van der Waals surface area contributed by atoms with E-state index in [0.717, 1.165) is 37.8 Å². The van der Waals surface area contributed by atoms with Crippen LogP contribution in [0.1, 0.15) is 37.8 Å². The maximum absolute atomic E-state index is 11.9. The van der Waals surface area contributed by atoms with Crippen molar-refractivity contribution in [3.8, 4) is 0 Å². The fourth-order valence-electron chi connectivity index (χ4n) is 2.58. The largest absolute Gasteiger partial charge is 0.465 e. The first-order chi connectivity index (χ1) is 10.1. The second-order valence-electron chi connectivity index (χ2n) is 6.01. The van der Waals surface area contributed by atoms with Gasteiger partial charge in [-0.1, -0.05) is 13.8 Å². The van der Waals surface area contributed by atoms with E-state index in [1.54, 1.807) is 0 Å². The molecule has 0 aliphatic carbocycles. The minimum Gasteiger partial charge on any atom is -0.465 e. The van der Waals surface area contributed by atoms with Gasteiger partial charge in [-0.05, 0) is 25.0 Å². The average Bonchev–Trinajstić information content (AvgIpc) is 2.86. The SMILES string of the molecule is Cc1ccc(C(CNC(=O)CC(C)C)N2CCOCC2)o1. The number of furan rings is 1. The summed E-state index contributed by atoms with van der Waals surface area (Å²) in [6.45, 7) is 9.82. The van der Waals surface area contributed by atoms with Crippen molar-refractivity contribution in [3.63, 3.8) is 0 Å². The maximum Gasteiger partial charge on any atom is 0.220 e. The molecule has 1 saturated heterocycles. The van der Waals surface area contributed by atoms with Crippen molar-refractivity contribution in [1.82, 2.24) is 10.2 Å². The lowest BCUT2D eigenvalue weighted by molar-refractivity contribution is -0.122. The van der Waals surface area contributed by atoms with E-state index in [4.69, 9.17) is 9.15 Å². The molecule has 2 rings (SSSR count). The smallest absolute Gasteiger partial charge is 0.220 e. The Morgan fingerprint density at radius 1 is 1.33 bits per heavy atom. The van der Waals surface area contributed by atoms with E-state index in [9.17, 15) is 4.79 Å². The number of ether oxygens (including phenoxy) is 1. The predicted molar refractivity (Wildman–Crippen MR) is 81.0 cm³/mol. The van der Waals surface area contributed by atoms with Gasteiger partial charge >= 0.3 is 0 Å². The Morgan fingerprint density at radius 2 is 2.05 bits per heavy atom. The first-order valence-electron chi connectivity index (χ1n) is 7.71. The summed E-state index contributed by atoms with van der Waals surface area (Å²) in [5.74, 6) is 2.29. The number of hydrogen-bond donors (Lipinski definition) is 1. The summed E-state index contributed by atoms with van der Waals surface area (Å²) < 4.78 is 11.2. The third-order valence-electron chi connectivity index (χ3n) is 3.66. The van der Waals surface area contributed by atoms with Gasteiger partial charge in [0.25, 0.3) is 0 Å². The van der Waals surface area contributed by atoms with Crippen molar-refractivity contribution >= 4 is 5.91 Å². The molecule has 0 bridgehead atoms. The van der Waals surface area contributed by atoms with Crippen LogP contribution in [-0.4, -0.2) is 43.7 Å². The fraction of sp³-hybridized carbons (Fsp3) is 0.688. The van der Waals surface area contributed by atoms with Crippen LogP contribution in [0.4, 0.5) is 0 Å². The van der Waals surface area contributed by atoms with Crippen molar-refractivity contribution in [1.29, 1.82) is 0 Å². The molecule has 1 atom stereocenters. The van der Waals surface area contributed by atoms with Gasteiger partial charge in [-0.15, -0.1) is 0 Å². The molecule has 2 heterocycles. The van der Waals surface area contributed by atoms with Crippen LogP contribution in [0.25, 0.3) is 0 Å². The summed E-state index contributed by atoms with van der Waals surface area (Å²) in [5, 5.41) is 3.04. The highest BCUT2D eigenvalue weighted by molar-refractivity contribution is 5.76. The quantitative estimate of drug-likeness (QED) is 0.873. The van der Waals surface area contributed by atoms with Crippen molar-refractivity contribution in [2.45, 2.75) is 33.2 Å². The van der Waals surface area contributed by atoms with Gasteiger partial charge in [0.2, 0.25) is 5.91 Å². The highest BCUT2D eigenvalue weighted by Gasteiger charge is 2.25. The molecule has 1 N–H and O–H groups in total. The lowest BCUT2D eigenvalue weighted by Crippen LogP contribution is -2.43. The van der Waals surface area contributed by atoms with Gasteiger partial charge in [0.15, 0.2) is 0 Å². The van der Waals surface area contributed by atoms with Crippen LogP contribution in [0.5, 0.6) is 0 Å². The van der Waals surface area contributed by atoms with E-state index < -0.39 is 0 Å². The van der Waals surface area contributed by atoms with Crippen LogP contribution in [0.15, 0.2) is 16.5 Å². The molecule has 0 aromatic carbocycles. The molecule has 5 heteroatoms. The summed E-state index contributed by atoms with van der Waals surface area (Å²) in [6, 6.07) is 4.06. The van der Waals surface area contributed by atoms with E-state index >= 15 is 0 Å². The summed E-state index contributed by atoms with van der Waals surface area (Å²) in [4.78, 5) is 14.2. The molecule has 5 nitrogen and oxygen atoms in total. The number of carbonyl (C=O) groups is 1. The topological polar surface area (TPSA) is 54.7 Å². The highest BCUT2D eigenvalue weighted by atomic mass is 16.5. The Hall–Kier alpha value is -1.33. The van der Waals surface area contributed by atoms with Crippen LogP contribution in [-0.2, 0) is 9.53 Å². The molecule has 0 spiro atoms. The molecular weight excluding hydrogens is 268 g/mol. The third kappa shape index (κ3) is 4.86. The van der Waals surface area contributed by atoms with Crippen LogP contribution in [0, 0.1) is 12.8 Å². The van der Waals surface area contributed by atoms with E-state index in [0.29, 0.717) is 18.9 Å². The zero-order chi connectivity index (χ0) is 15.2. The number of carbonyl (C=O) groups excluding carboxylic acids is 1. The molecule has 0 radical (unpaired) electrons. The summed E-state index contributed by atoms with van der Waals surface area (Å²) in [7, 11) is 0. The van der Waals surface area contributed by atoms with Crippen LogP contribution in [0.2, 0.25) is 0 Å². The third-order valence-corrected chi connectivity index (χ3v) is 3.66. The van der Waals surface area contributed by atoms with E-state index in [-0.39, 0.29) is 11.9 Å². The van der Waals surface area contributed by atoms with Gasteiger partial charge in [-0.3, -0.25) is 9.69 Å². The first-order valence-corrected chi connectivity index (χ1v) is 7.71. The fourth-order valence-corrected chi connectivity index (χ4v) is 2.58. The summed E-state index contributed by atoms with van der Waals surface area (Å²) in [5.41, 5.74) is 0. The van der Waals surface area contributed by atoms with E-state index in [1.807, 2.05) is 19.1 Å². The minimum atomic E-state index is 0.0821. The van der Waals surface area contributed by atoms with Crippen LogP contribution >= 0.6 is 0 Å². The molecule has 1 aliphatic rings. The molecule has 1 unspecified atom stereocenters.